The van der Waals surface area contributed by atoms with Gasteiger partial charge in [-0.3, -0.25) is 8.77 Å². The fourth-order valence-electron chi connectivity index (χ4n) is 1.36. The van der Waals surface area contributed by atoms with E-state index in [0.29, 0.717) is 0 Å². The molecule has 0 atom stereocenters. The molecule has 0 unspecified atom stereocenters. The maximum atomic E-state index is 11.1. The lowest BCUT2D eigenvalue weighted by atomic mass is 10.2. The van der Waals surface area contributed by atoms with Gasteiger partial charge in [0.2, 0.25) is 0 Å². The van der Waals surface area contributed by atoms with Gasteiger partial charge in [0, 0.05) is 22.9 Å². The third kappa shape index (κ3) is 4.08. The Bertz CT molecular complexity index is 499. The summed E-state index contributed by atoms with van der Waals surface area (Å²) in [5.74, 6) is 0.100. The molecule has 0 aliphatic carbocycles. The fraction of sp³-hybridized carbons (Fsp3) is 0.267. The highest BCUT2D eigenvalue weighted by molar-refractivity contribution is 7.97. The van der Waals surface area contributed by atoms with Gasteiger partial charge in [0.1, 0.15) is 0 Å². The number of benzene rings is 1. The SMILES string of the molecule is CC.CC(=O)c1ccn(Sc2ccc(C)cc2)c1. The highest BCUT2D eigenvalue weighted by Crippen LogP contribution is 2.21. The van der Waals surface area contributed by atoms with Crippen molar-refractivity contribution in [3.05, 3.63) is 53.9 Å². The molecule has 0 fully saturated rings. The summed E-state index contributed by atoms with van der Waals surface area (Å²) in [6.45, 7) is 7.65. The van der Waals surface area contributed by atoms with Crippen LogP contribution in [-0.4, -0.2) is 9.76 Å². The van der Waals surface area contributed by atoms with E-state index in [4.69, 9.17) is 0 Å². The maximum Gasteiger partial charge on any atom is 0.161 e. The molecule has 2 aromatic rings. The molecule has 0 saturated heterocycles. The second-order valence-electron chi connectivity index (χ2n) is 3.72. The predicted molar refractivity (Wildman–Crippen MR) is 78.2 cm³/mol. The standard InChI is InChI=1S/C13H13NOS.C2H6/c1-10-3-5-13(6-4-10)16-14-8-7-12(9-14)11(2)15;1-2/h3-9H,1-2H3;1-2H3. The largest absolute Gasteiger partial charge is 0.294 e. The van der Waals surface area contributed by atoms with Crippen LogP contribution in [0.1, 0.15) is 36.7 Å². The van der Waals surface area contributed by atoms with Crippen LogP contribution >= 0.6 is 11.9 Å². The number of rotatable bonds is 3. The number of aromatic nitrogens is 1. The minimum Gasteiger partial charge on any atom is -0.294 e. The van der Waals surface area contributed by atoms with Gasteiger partial charge in [-0.2, -0.15) is 0 Å². The Morgan fingerprint density at radius 3 is 2.22 bits per heavy atom. The van der Waals surface area contributed by atoms with Gasteiger partial charge in [-0.25, -0.2) is 0 Å². The van der Waals surface area contributed by atoms with Gasteiger partial charge in [-0.15, -0.1) is 0 Å². The van der Waals surface area contributed by atoms with Gasteiger partial charge in [0.05, 0.1) is 0 Å². The van der Waals surface area contributed by atoms with Crippen molar-refractivity contribution in [1.82, 2.24) is 3.97 Å². The van der Waals surface area contributed by atoms with E-state index in [0.717, 1.165) is 10.5 Å². The number of carbonyl (C=O) groups is 1. The number of carbonyl (C=O) groups excluding carboxylic acids is 1. The molecule has 0 bridgehead atoms. The van der Waals surface area contributed by atoms with Crippen LogP contribution in [-0.2, 0) is 0 Å². The number of hydrogen-bond donors (Lipinski definition) is 0. The van der Waals surface area contributed by atoms with E-state index in [1.807, 2.05) is 36.3 Å². The normalized spacial score (nSPS) is 9.56. The quantitative estimate of drug-likeness (QED) is 0.754. The van der Waals surface area contributed by atoms with Crippen LogP contribution in [0.3, 0.4) is 0 Å². The Hall–Kier alpha value is -1.48. The minimum absolute atomic E-state index is 0.100. The summed E-state index contributed by atoms with van der Waals surface area (Å²) in [7, 11) is 0. The van der Waals surface area contributed by atoms with Crippen molar-refractivity contribution >= 4 is 17.7 Å². The molecule has 0 amide bonds. The van der Waals surface area contributed by atoms with Gasteiger partial charge in [0.25, 0.3) is 0 Å². The summed E-state index contributed by atoms with van der Waals surface area (Å²) in [6.07, 6.45) is 3.76. The fourth-order valence-corrected chi connectivity index (χ4v) is 2.15. The highest BCUT2D eigenvalue weighted by Gasteiger charge is 2.02. The van der Waals surface area contributed by atoms with Crippen LogP contribution in [0, 0.1) is 6.92 Å². The van der Waals surface area contributed by atoms with Gasteiger partial charge in [-0.05, 0) is 44.0 Å². The molecule has 0 N–H and O–H groups in total. The molecule has 3 heteroatoms. The van der Waals surface area contributed by atoms with Crippen molar-refractivity contribution in [3.8, 4) is 0 Å². The molecule has 0 saturated carbocycles. The van der Waals surface area contributed by atoms with Crippen LogP contribution in [0.2, 0.25) is 0 Å². The van der Waals surface area contributed by atoms with E-state index in [-0.39, 0.29) is 5.78 Å². The van der Waals surface area contributed by atoms with E-state index in [2.05, 4.69) is 31.2 Å². The van der Waals surface area contributed by atoms with E-state index < -0.39 is 0 Å². The second kappa shape index (κ2) is 7.07. The molecule has 1 aromatic carbocycles. The molecule has 18 heavy (non-hydrogen) atoms. The lowest BCUT2D eigenvalue weighted by Gasteiger charge is -2.01. The summed E-state index contributed by atoms with van der Waals surface area (Å²) in [6, 6.07) is 10.2. The molecule has 0 radical (unpaired) electrons. The molecular weight excluding hydrogens is 242 g/mol. The molecule has 1 aromatic heterocycles. The third-order valence-electron chi connectivity index (χ3n) is 2.31. The summed E-state index contributed by atoms with van der Waals surface area (Å²) < 4.78 is 1.95. The van der Waals surface area contributed by atoms with E-state index in [9.17, 15) is 4.79 Å². The van der Waals surface area contributed by atoms with Crippen molar-refractivity contribution in [2.45, 2.75) is 32.6 Å². The number of aryl methyl sites for hydroxylation is 1. The van der Waals surface area contributed by atoms with Gasteiger partial charge in [-0.1, -0.05) is 31.5 Å². The average molecular weight is 261 g/mol. The molecule has 2 nitrogen and oxygen atoms in total. The zero-order valence-electron chi connectivity index (χ0n) is 11.3. The molecule has 96 valence electrons. The van der Waals surface area contributed by atoms with Crippen LogP contribution in [0.15, 0.2) is 47.6 Å². The van der Waals surface area contributed by atoms with Gasteiger partial charge >= 0.3 is 0 Å². The third-order valence-corrected chi connectivity index (χ3v) is 3.23. The molecule has 2 rings (SSSR count). The van der Waals surface area contributed by atoms with Crippen molar-refractivity contribution in [1.29, 1.82) is 0 Å². The molecule has 0 aliphatic heterocycles. The van der Waals surface area contributed by atoms with E-state index in [1.165, 1.54) is 5.56 Å². The molecule has 1 heterocycles. The Morgan fingerprint density at radius 2 is 1.72 bits per heavy atom. The highest BCUT2D eigenvalue weighted by atomic mass is 32.2. The Morgan fingerprint density at radius 1 is 1.11 bits per heavy atom. The van der Waals surface area contributed by atoms with Gasteiger partial charge in [0.15, 0.2) is 5.78 Å². The maximum absolute atomic E-state index is 11.1. The number of hydrogen-bond acceptors (Lipinski definition) is 2. The smallest absolute Gasteiger partial charge is 0.161 e. The monoisotopic (exact) mass is 261 g/mol. The summed E-state index contributed by atoms with van der Waals surface area (Å²) in [4.78, 5) is 12.3. The molecular formula is C15H19NOS. The summed E-state index contributed by atoms with van der Waals surface area (Å²) in [5.41, 5.74) is 2.00. The number of ketones is 1. The first-order chi connectivity index (χ1) is 8.65. The Balaban J connectivity index is 0.000000771. The van der Waals surface area contributed by atoms with Crippen molar-refractivity contribution in [3.63, 3.8) is 0 Å². The topological polar surface area (TPSA) is 22.0 Å². The minimum atomic E-state index is 0.100. The Kier molecular flexibility index (Phi) is 5.72. The van der Waals surface area contributed by atoms with Crippen LogP contribution in [0.4, 0.5) is 0 Å². The van der Waals surface area contributed by atoms with Crippen molar-refractivity contribution in [2.75, 3.05) is 0 Å². The summed E-state index contributed by atoms with van der Waals surface area (Å²) in [5, 5.41) is 0. The van der Waals surface area contributed by atoms with Crippen molar-refractivity contribution < 1.29 is 4.79 Å². The van der Waals surface area contributed by atoms with Crippen LogP contribution in [0.5, 0.6) is 0 Å². The van der Waals surface area contributed by atoms with E-state index >= 15 is 0 Å². The first-order valence-electron chi connectivity index (χ1n) is 6.09. The lowest BCUT2D eigenvalue weighted by Crippen LogP contribution is -1.88. The van der Waals surface area contributed by atoms with Crippen LogP contribution < -0.4 is 0 Å². The summed E-state index contributed by atoms with van der Waals surface area (Å²) >= 11 is 1.60. The average Bonchev–Trinajstić information content (AvgIpc) is 2.83. The lowest BCUT2D eigenvalue weighted by molar-refractivity contribution is 0.101. The first-order valence-corrected chi connectivity index (χ1v) is 6.86. The molecule has 0 spiro atoms. The number of Topliss-reactive ketones (excluding diaryl/α,β-unsaturated/α-hetero) is 1. The zero-order valence-corrected chi connectivity index (χ0v) is 12.1. The second-order valence-corrected chi connectivity index (χ2v) is 4.80. The van der Waals surface area contributed by atoms with Gasteiger partial charge < -0.3 is 0 Å². The number of nitrogens with zero attached hydrogens (tertiary/aromatic N) is 1. The first kappa shape index (κ1) is 14.6. The van der Waals surface area contributed by atoms with Crippen LogP contribution in [0.25, 0.3) is 0 Å². The molecule has 0 aliphatic rings. The predicted octanol–water partition coefficient (Wildman–Crippen LogP) is 4.58. The van der Waals surface area contributed by atoms with Crippen molar-refractivity contribution in [2.24, 2.45) is 0 Å². The zero-order chi connectivity index (χ0) is 13.5. The Labute approximate surface area is 113 Å². The van der Waals surface area contributed by atoms with E-state index in [1.54, 1.807) is 18.9 Å².